The molecule has 192 valence electrons. The summed E-state index contributed by atoms with van der Waals surface area (Å²) in [6.07, 6.45) is 0.571. The molecule has 0 saturated carbocycles. The van der Waals surface area contributed by atoms with Crippen molar-refractivity contribution in [3.05, 3.63) is 64.2 Å². The fourth-order valence-corrected chi connectivity index (χ4v) is 7.05. The standard InChI is InChI=1S/C26H27ClF2N2O4S/c1-16-13-30-23(31-16)15-36(32,33)11-8-22-19-14-35-25-21(29)7-6-20(28)24(25)26(19,9-10-34-22)12-17-2-4-18(27)5-3-17/h2-7,19,22H,8-15H2,1H3/t19-,22-,26-/m0/s1. The third kappa shape index (κ3) is 4.93. The van der Waals surface area contributed by atoms with E-state index in [9.17, 15) is 12.8 Å². The maximum Gasteiger partial charge on any atom is 0.165 e. The molecule has 3 aliphatic heterocycles. The molecule has 3 atom stereocenters. The lowest BCUT2D eigenvalue weighted by atomic mass is 9.60. The van der Waals surface area contributed by atoms with Gasteiger partial charge in [0.2, 0.25) is 0 Å². The topological polar surface area (TPSA) is 77.3 Å². The maximum atomic E-state index is 15.4. The Bertz CT molecular complexity index is 1330. The van der Waals surface area contributed by atoms with Crippen LogP contribution in [-0.4, -0.2) is 57.3 Å². The van der Waals surface area contributed by atoms with Crippen molar-refractivity contribution in [2.24, 2.45) is 15.9 Å². The minimum Gasteiger partial charge on any atom is -0.490 e. The number of rotatable bonds is 7. The molecule has 3 aliphatic rings. The van der Waals surface area contributed by atoms with Crippen LogP contribution in [0.15, 0.2) is 46.4 Å². The second-order valence-corrected chi connectivity index (χ2v) is 12.4. The summed E-state index contributed by atoms with van der Waals surface area (Å²) in [6.45, 7) is 2.62. The van der Waals surface area contributed by atoms with E-state index >= 15 is 4.39 Å². The van der Waals surface area contributed by atoms with Gasteiger partial charge in [-0.2, -0.15) is 0 Å². The first-order valence-corrected chi connectivity index (χ1v) is 14.1. The third-order valence-corrected chi connectivity index (χ3v) is 9.12. The average molecular weight is 537 g/mol. The van der Waals surface area contributed by atoms with Crippen molar-refractivity contribution < 1.29 is 26.7 Å². The molecule has 0 unspecified atom stereocenters. The number of sulfone groups is 1. The number of ether oxygens (including phenoxy) is 2. The lowest BCUT2D eigenvalue weighted by molar-refractivity contribution is -0.0963. The second-order valence-electron chi connectivity index (χ2n) is 9.73. The highest BCUT2D eigenvalue weighted by Gasteiger charge is 2.53. The van der Waals surface area contributed by atoms with Gasteiger partial charge in [-0.1, -0.05) is 23.7 Å². The summed E-state index contributed by atoms with van der Waals surface area (Å²) in [6, 6.07) is 9.49. The molecule has 2 aromatic rings. The summed E-state index contributed by atoms with van der Waals surface area (Å²) in [7, 11) is -3.49. The number of hydrogen-bond donors (Lipinski definition) is 0. The SMILES string of the molecule is CC1=NC(CS(=O)(=O)CC[C@@H]2OCC[C@@]3(Cc4ccc(Cl)cc4)c4c(F)ccc(F)c4OC[C@@H]23)=NC1. The monoisotopic (exact) mass is 536 g/mol. The van der Waals surface area contributed by atoms with Crippen molar-refractivity contribution in [3.8, 4) is 5.75 Å². The van der Waals surface area contributed by atoms with Gasteiger partial charge in [0.15, 0.2) is 21.4 Å². The van der Waals surface area contributed by atoms with Gasteiger partial charge in [-0.05, 0) is 56.0 Å². The van der Waals surface area contributed by atoms with Gasteiger partial charge in [0.1, 0.15) is 17.4 Å². The van der Waals surface area contributed by atoms with Crippen LogP contribution in [0.2, 0.25) is 5.02 Å². The van der Waals surface area contributed by atoms with Gasteiger partial charge in [-0.25, -0.2) is 22.2 Å². The maximum absolute atomic E-state index is 15.4. The zero-order valence-corrected chi connectivity index (χ0v) is 21.4. The molecule has 0 amide bonds. The zero-order valence-electron chi connectivity index (χ0n) is 19.8. The lowest BCUT2D eigenvalue weighted by Crippen LogP contribution is -2.55. The van der Waals surface area contributed by atoms with Crippen LogP contribution in [0.4, 0.5) is 8.78 Å². The van der Waals surface area contributed by atoms with Crippen molar-refractivity contribution in [2.45, 2.75) is 37.7 Å². The Kier molecular flexibility index (Phi) is 6.91. The van der Waals surface area contributed by atoms with Crippen molar-refractivity contribution in [1.29, 1.82) is 0 Å². The number of nitrogens with zero attached hydrogens (tertiary/aromatic N) is 2. The van der Waals surface area contributed by atoms with E-state index in [-0.39, 0.29) is 41.8 Å². The Hall–Kier alpha value is -2.36. The van der Waals surface area contributed by atoms with E-state index in [1.54, 1.807) is 12.1 Å². The molecule has 0 N–H and O–H groups in total. The Morgan fingerprint density at radius 1 is 1.14 bits per heavy atom. The molecule has 1 saturated heterocycles. The predicted molar refractivity (Wildman–Crippen MR) is 135 cm³/mol. The van der Waals surface area contributed by atoms with Gasteiger partial charge in [0.05, 0.1) is 25.0 Å². The van der Waals surface area contributed by atoms with Crippen molar-refractivity contribution in [2.75, 3.05) is 31.3 Å². The van der Waals surface area contributed by atoms with Crippen LogP contribution < -0.4 is 4.74 Å². The minimum absolute atomic E-state index is 0.0686. The highest BCUT2D eigenvalue weighted by Crippen LogP contribution is 2.52. The Balaban J connectivity index is 1.45. The van der Waals surface area contributed by atoms with Gasteiger partial charge < -0.3 is 9.47 Å². The molecule has 6 nitrogen and oxygen atoms in total. The molecule has 36 heavy (non-hydrogen) atoms. The first-order valence-electron chi connectivity index (χ1n) is 11.9. The summed E-state index contributed by atoms with van der Waals surface area (Å²) < 4.78 is 67.6. The predicted octanol–water partition coefficient (Wildman–Crippen LogP) is 4.57. The van der Waals surface area contributed by atoms with Crippen molar-refractivity contribution >= 4 is 33.0 Å². The number of aliphatic imine (C=N–C) groups is 2. The summed E-state index contributed by atoms with van der Waals surface area (Å²) in [5.41, 5.74) is 1.09. The van der Waals surface area contributed by atoms with Crippen LogP contribution in [0.1, 0.15) is 30.9 Å². The van der Waals surface area contributed by atoms with E-state index in [1.165, 1.54) is 0 Å². The molecule has 0 radical (unpaired) electrons. The highest BCUT2D eigenvalue weighted by molar-refractivity contribution is 7.92. The van der Waals surface area contributed by atoms with Crippen LogP contribution in [0, 0.1) is 17.6 Å². The molecule has 0 aliphatic carbocycles. The number of fused-ring (bicyclic) bond motifs is 3. The molecule has 0 spiro atoms. The first kappa shape index (κ1) is 25.3. The Morgan fingerprint density at radius 2 is 1.89 bits per heavy atom. The summed E-state index contributed by atoms with van der Waals surface area (Å²) in [5, 5.41) is 0.582. The summed E-state index contributed by atoms with van der Waals surface area (Å²) in [5.74, 6) is -1.62. The summed E-state index contributed by atoms with van der Waals surface area (Å²) >= 11 is 6.07. The first-order chi connectivity index (χ1) is 17.2. The van der Waals surface area contributed by atoms with Crippen LogP contribution in [0.25, 0.3) is 0 Å². The van der Waals surface area contributed by atoms with Crippen molar-refractivity contribution in [3.63, 3.8) is 0 Å². The van der Waals surface area contributed by atoms with Gasteiger partial charge in [-0.3, -0.25) is 4.99 Å². The Morgan fingerprint density at radius 3 is 2.61 bits per heavy atom. The van der Waals surface area contributed by atoms with E-state index in [0.717, 1.165) is 23.4 Å². The smallest absolute Gasteiger partial charge is 0.165 e. The molecule has 3 heterocycles. The van der Waals surface area contributed by atoms with Gasteiger partial charge >= 0.3 is 0 Å². The minimum atomic E-state index is -3.49. The molecule has 2 aromatic carbocycles. The van der Waals surface area contributed by atoms with E-state index < -0.39 is 33.0 Å². The lowest BCUT2D eigenvalue weighted by Gasteiger charge is -2.51. The van der Waals surface area contributed by atoms with Gasteiger partial charge in [0.25, 0.3) is 0 Å². The van der Waals surface area contributed by atoms with E-state index in [1.807, 2.05) is 19.1 Å². The number of amidine groups is 1. The number of hydrogen-bond acceptors (Lipinski definition) is 6. The van der Waals surface area contributed by atoms with Crippen molar-refractivity contribution in [1.82, 2.24) is 0 Å². The van der Waals surface area contributed by atoms with Gasteiger partial charge in [-0.15, -0.1) is 0 Å². The average Bonchev–Trinajstić information content (AvgIpc) is 3.24. The summed E-state index contributed by atoms with van der Waals surface area (Å²) in [4.78, 5) is 8.36. The van der Waals surface area contributed by atoms with Gasteiger partial charge in [0, 0.05) is 34.2 Å². The molecular weight excluding hydrogens is 510 g/mol. The Labute approximate surface area is 214 Å². The molecule has 10 heteroatoms. The van der Waals surface area contributed by atoms with E-state index in [4.69, 9.17) is 21.1 Å². The molecule has 0 aromatic heterocycles. The zero-order chi connectivity index (χ0) is 25.5. The quantitative estimate of drug-likeness (QED) is 0.519. The highest BCUT2D eigenvalue weighted by atomic mass is 35.5. The van der Waals surface area contributed by atoms with E-state index in [0.29, 0.717) is 36.9 Å². The molecule has 1 fully saturated rings. The van der Waals surface area contributed by atoms with Crippen LogP contribution in [0.5, 0.6) is 5.75 Å². The molecule has 0 bridgehead atoms. The molecular formula is C26H27ClF2N2O4S. The second kappa shape index (κ2) is 9.84. The number of benzene rings is 2. The van der Waals surface area contributed by atoms with Crippen LogP contribution in [0.3, 0.4) is 0 Å². The van der Waals surface area contributed by atoms with Crippen LogP contribution in [-0.2, 0) is 26.4 Å². The van der Waals surface area contributed by atoms with E-state index in [2.05, 4.69) is 9.98 Å². The van der Waals surface area contributed by atoms with Crippen LogP contribution >= 0.6 is 11.6 Å². The fraction of sp³-hybridized carbons (Fsp3) is 0.462. The normalized spacial score (nSPS) is 25.4. The number of halogens is 3. The largest absolute Gasteiger partial charge is 0.490 e. The molecule has 5 rings (SSSR count). The third-order valence-electron chi connectivity index (χ3n) is 7.31. The fourth-order valence-electron chi connectivity index (χ4n) is 5.64.